The lowest BCUT2D eigenvalue weighted by Crippen LogP contribution is -2.07. The summed E-state index contributed by atoms with van der Waals surface area (Å²) in [6.07, 6.45) is 3.97. The van der Waals surface area contributed by atoms with Gasteiger partial charge in [-0.1, -0.05) is 34.1 Å². The fourth-order valence-corrected chi connectivity index (χ4v) is 1.47. The highest BCUT2D eigenvalue weighted by molar-refractivity contribution is 9.10. The molecular formula is C11H12BrNO. The number of nitrogens with two attached hydrogens (primary N) is 1. The largest absolute Gasteiger partial charge is 0.369 e. The van der Waals surface area contributed by atoms with Gasteiger partial charge in [-0.3, -0.25) is 4.79 Å². The zero-order valence-electron chi connectivity index (χ0n) is 7.96. The van der Waals surface area contributed by atoms with E-state index in [9.17, 15) is 4.79 Å². The Morgan fingerprint density at radius 1 is 1.57 bits per heavy atom. The van der Waals surface area contributed by atoms with Gasteiger partial charge in [0.1, 0.15) is 0 Å². The molecule has 0 fully saturated rings. The van der Waals surface area contributed by atoms with Crippen LogP contribution < -0.4 is 5.73 Å². The Morgan fingerprint density at radius 2 is 2.29 bits per heavy atom. The third-order valence-corrected chi connectivity index (χ3v) is 2.35. The molecule has 74 valence electrons. The molecule has 1 rings (SSSR count). The monoisotopic (exact) mass is 253 g/mol. The van der Waals surface area contributed by atoms with E-state index >= 15 is 0 Å². The first-order valence-electron chi connectivity index (χ1n) is 4.30. The minimum absolute atomic E-state index is 0.284. The molecule has 0 spiro atoms. The summed E-state index contributed by atoms with van der Waals surface area (Å²) in [6, 6.07) is 6.02. The fraction of sp³-hybridized carbons (Fsp3) is 0.182. The Hall–Kier alpha value is -1.09. The van der Waals surface area contributed by atoms with Gasteiger partial charge in [0.15, 0.2) is 0 Å². The topological polar surface area (TPSA) is 43.1 Å². The highest BCUT2D eigenvalue weighted by Gasteiger charge is 1.95. The van der Waals surface area contributed by atoms with Crippen molar-refractivity contribution in [2.24, 2.45) is 5.73 Å². The molecule has 1 aromatic rings. The lowest BCUT2D eigenvalue weighted by molar-refractivity contribution is -0.117. The zero-order valence-corrected chi connectivity index (χ0v) is 9.54. The normalized spacial score (nSPS) is 10.7. The molecule has 0 atom stereocenters. The van der Waals surface area contributed by atoms with Crippen LogP contribution in [0.5, 0.6) is 0 Å². The maximum atomic E-state index is 10.5. The molecule has 1 amide bonds. The van der Waals surface area contributed by atoms with Gasteiger partial charge in [-0.15, -0.1) is 0 Å². The van der Waals surface area contributed by atoms with E-state index in [0.717, 1.165) is 10.0 Å². The number of aryl methyl sites for hydroxylation is 1. The standard InChI is InChI=1S/C11H12BrNO/c1-8-5-6-10(12)7-9(8)3-2-4-11(13)14/h2-3,5-7H,4H2,1H3,(H2,13,14). The number of hydrogen-bond donors (Lipinski definition) is 1. The smallest absolute Gasteiger partial charge is 0.221 e. The Kier molecular flexibility index (Phi) is 3.89. The lowest BCUT2D eigenvalue weighted by Gasteiger charge is -2.00. The quantitative estimate of drug-likeness (QED) is 0.885. The molecule has 14 heavy (non-hydrogen) atoms. The molecule has 1 aromatic carbocycles. The van der Waals surface area contributed by atoms with E-state index in [-0.39, 0.29) is 12.3 Å². The number of benzene rings is 1. The van der Waals surface area contributed by atoms with Gasteiger partial charge in [0.2, 0.25) is 5.91 Å². The van der Waals surface area contributed by atoms with E-state index in [1.165, 1.54) is 5.56 Å². The Bertz CT molecular complexity index is 372. The first-order valence-corrected chi connectivity index (χ1v) is 5.10. The molecule has 0 aliphatic rings. The predicted octanol–water partition coefficient (Wildman–Crippen LogP) is 2.65. The highest BCUT2D eigenvalue weighted by Crippen LogP contribution is 2.17. The summed E-state index contributed by atoms with van der Waals surface area (Å²) in [4.78, 5) is 10.5. The summed E-state index contributed by atoms with van der Waals surface area (Å²) in [5.74, 6) is -0.311. The van der Waals surface area contributed by atoms with Crippen molar-refractivity contribution in [3.8, 4) is 0 Å². The first-order chi connectivity index (χ1) is 6.59. The van der Waals surface area contributed by atoms with Crippen molar-refractivity contribution in [2.75, 3.05) is 0 Å². The van der Waals surface area contributed by atoms with Crippen LogP contribution in [0.25, 0.3) is 6.08 Å². The van der Waals surface area contributed by atoms with Crippen LogP contribution in [0.4, 0.5) is 0 Å². The molecule has 3 heteroatoms. The Morgan fingerprint density at radius 3 is 2.93 bits per heavy atom. The van der Waals surface area contributed by atoms with Crippen molar-refractivity contribution < 1.29 is 4.79 Å². The Labute approximate surface area is 91.9 Å². The van der Waals surface area contributed by atoms with Crippen molar-refractivity contribution in [2.45, 2.75) is 13.3 Å². The van der Waals surface area contributed by atoms with Crippen LogP contribution in [0.2, 0.25) is 0 Å². The number of primary amides is 1. The summed E-state index contributed by atoms with van der Waals surface area (Å²) in [7, 11) is 0. The molecule has 0 bridgehead atoms. The molecule has 0 aromatic heterocycles. The van der Waals surface area contributed by atoms with Gasteiger partial charge in [-0.2, -0.15) is 0 Å². The highest BCUT2D eigenvalue weighted by atomic mass is 79.9. The van der Waals surface area contributed by atoms with Crippen LogP contribution in [-0.4, -0.2) is 5.91 Å². The third-order valence-electron chi connectivity index (χ3n) is 1.86. The SMILES string of the molecule is Cc1ccc(Br)cc1C=CCC(N)=O. The number of carbonyl (C=O) groups excluding carboxylic acids is 1. The van der Waals surface area contributed by atoms with Crippen LogP contribution in [-0.2, 0) is 4.79 Å². The average Bonchev–Trinajstić information content (AvgIpc) is 2.10. The zero-order chi connectivity index (χ0) is 10.6. The van der Waals surface area contributed by atoms with Gasteiger partial charge < -0.3 is 5.73 Å². The second kappa shape index (κ2) is 4.96. The second-order valence-corrected chi connectivity index (χ2v) is 3.99. The molecule has 0 saturated heterocycles. The van der Waals surface area contributed by atoms with Crippen LogP contribution in [0.1, 0.15) is 17.5 Å². The lowest BCUT2D eigenvalue weighted by atomic mass is 10.1. The summed E-state index contributed by atoms with van der Waals surface area (Å²) < 4.78 is 1.03. The molecular weight excluding hydrogens is 242 g/mol. The van der Waals surface area contributed by atoms with E-state index in [2.05, 4.69) is 15.9 Å². The predicted molar refractivity (Wildman–Crippen MR) is 61.7 cm³/mol. The summed E-state index contributed by atoms with van der Waals surface area (Å²) in [5, 5.41) is 0. The molecule has 0 heterocycles. The molecule has 0 saturated carbocycles. The van der Waals surface area contributed by atoms with Gasteiger partial charge in [0.25, 0.3) is 0 Å². The van der Waals surface area contributed by atoms with Crippen molar-refractivity contribution in [3.05, 3.63) is 39.9 Å². The van der Waals surface area contributed by atoms with E-state index in [1.54, 1.807) is 6.08 Å². The van der Waals surface area contributed by atoms with E-state index in [1.807, 2.05) is 31.2 Å². The molecule has 2 nitrogen and oxygen atoms in total. The van der Waals surface area contributed by atoms with Gasteiger partial charge in [0, 0.05) is 10.9 Å². The van der Waals surface area contributed by atoms with Crippen LogP contribution in [0.3, 0.4) is 0 Å². The number of halogens is 1. The summed E-state index contributed by atoms with van der Waals surface area (Å²) >= 11 is 3.39. The maximum Gasteiger partial charge on any atom is 0.221 e. The number of rotatable bonds is 3. The molecule has 0 unspecified atom stereocenters. The number of hydrogen-bond acceptors (Lipinski definition) is 1. The average molecular weight is 254 g/mol. The second-order valence-electron chi connectivity index (χ2n) is 3.07. The van der Waals surface area contributed by atoms with Gasteiger partial charge in [-0.05, 0) is 30.2 Å². The minimum Gasteiger partial charge on any atom is -0.369 e. The fourth-order valence-electron chi connectivity index (χ4n) is 1.09. The summed E-state index contributed by atoms with van der Waals surface area (Å²) in [5.41, 5.74) is 7.30. The molecule has 0 aliphatic heterocycles. The van der Waals surface area contributed by atoms with Crippen LogP contribution in [0, 0.1) is 6.92 Å². The molecule has 0 radical (unpaired) electrons. The molecule has 2 N–H and O–H groups in total. The van der Waals surface area contributed by atoms with E-state index in [0.29, 0.717) is 0 Å². The van der Waals surface area contributed by atoms with Crippen LogP contribution in [0.15, 0.2) is 28.7 Å². The first kappa shape index (κ1) is 11.0. The third kappa shape index (κ3) is 3.34. The van der Waals surface area contributed by atoms with Gasteiger partial charge in [0.05, 0.1) is 0 Å². The summed E-state index contributed by atoms with van der Waals surface area (Å²) in [6.45, 7) is 2.02. The van der Waals surface area contributed by atoms with Crippen LogP contribution >= 0.6 is 15.9 Å². The number of amides is 1. The van der Waals surface area contributed by atoms with Crippen molar-refractivity contribution >= 4 is 27.9 Å². The van der Waals surface area contributed by atoms with Crippen molar-refractivity contribution in [1.82, 2.24) is 0 Å². The maximum absolute atomic E-state index is 10.5. The van der Waals surface area contributed by atoms with Gasteiger partial charge >= 0.3 is 0 Å². The minimum atomic E-state index is -0.311. The Balaban J connectivity index is 2.80. The molecule has 0 aliphatic carbocycles. The number of carbonyl (C=O) groups is 1. The van der Waals surface area contributed by atoms with Gasteiger partial charge in [-0.25, -0.2) is 0 Å². The van der Waals surface area contributed by atoms with Crippen molar-refractivity contribution in [1.29, 1.82) is 0 Å². The van der Waals surface area contributed by atoms with E-state index in [4.69, 9.17) is 5.73 Å². The van der Waals surface area contributed by atoms with E-state index < -0.39 is 0 Å². The van der Waals surface area contributed by atoms with Crippen molar-refractivity contribution in [3.63, 3.8) is 0 Å².